The van der Waals surface area contributed by atoms with E-state index in [-0.39, 0.29) is 5.41 Å². The van der Waals surface area contributed by atoms with E-state index in [1.807, 2.05) is 0 Å². The lowest BCUT2D eigenvalue weighted by Crippen LogP contribution is -2.14. The van der Waals surface area contributed by atoms with Crippen LogP contribution in [0.15, 0.2) is 103 Å². The molecule has 152 valence electrons. The maximum atomic E-state index is 2.41. The van der Waals surface area contributed by atoms with Gasteiger partial charge in [-0.15, -0.1) is 0 Å². The van der Waals surface area contributed by atoms with Crippen molar-refractivity contribution in [3.63, 3.8) is 0 Å². The van der Waals surface area contributed by atoms with Crippen LogP contribution in [0.3, 0.4) is 0 Å². The number of hydrogen-bond donors (Lipinski definition) is 0. The van der Waals surface area contributed by atoms with E-state index in [2.05, 4.69) is 122 Å². The second-order valence-corrected chi connectivity index (χ2v) is 9.40. The highest BCUT2D eigenvalue weighted by Gasteiger charge is 2.36. The van der Waals surface area contributed by atoms with E-state index in [4.69, 9.17) is 0 Å². The molecule has 0 N–H and O–H groups in total. The molecule has 0 atom stereocenters. The van der Waals surface area contributed by atoms with Crippen molar-refractivity contribution in [1.29, 1.82) is 0 Å². The first-order valence-electron chi connectivity index (χ1n) is 11.3. The highest BCUT2D eigenvalue weighted by Crippen LogP contribution is 2.53. The van der Waals surface area contributed by atoms with Crippen LogP contribution < -0.4 is 0 Å². The molecule has 0 amide bonds. The molecule has 0 bridgehead atoms. The lowest BCUT2D eigenvalue weighted by Gasteiger charge is -2.21. The normalized spacial score (nSPS) is 14.2. The van der Waals surface area contributed by atoms with Crippen LogP contribution in [-0.2, 0) is 5.41 Å². The van der Waals surface area contributed by atoms with Crippen LogP contribution in [0.25, 0.3) is 49.4 Å². The fourth-order valence-corrected chi connectivity index (χ4v) is 5.92. The van der Waals surface area contributed by atoms with Crippen LogP contribution in [0.5, 0.6) is 0 Å². The van der Waals surface area contributed by atoms with Gasteiger partial charge in [-0.3, -0.25) is 0 Å². The summed E-state index contributed by atoms with van der Waals surface area (Å²) in [6.45, 7) is 4.72. The molecule has 0 unspecified atom stereocenters. The Morgan fingerprint density at radius 2 is 1.28 bits per heavy atom. The zero-order valence-electron chi connectivity index (χ0n) is 18.3. The molecule has 7 rings (SSSR count). The van der Waals surface area contributed by atoms with E-state index < -0.39 is 0 Å². The topological polar surface area (TPSA) is 4.93 Å². The van der Waals surface area contributed by atoms with Gasteiger partial charge in [0, 0.05) is 21.9 Å². The molecule has 1 aromatic heterocycles. The summed E-state index contributed by atoms with van der Waals surface area (Å²) in [6, 6.07) is 37.8. The fourth-order valence-electron chi connectivity index (χ4n) is 5.92. The van der Waals surface area contributed by atoms with E-state index in [1.165, 1.54) is 60.5 Å². The smallest absolute Gasteiger partial charge is 0.0547 e. The standard InChI is InChI=1S/C31H23N/c1-31(2)24-14-8-6-12-22(24)29-25(31)18-16-20-17-19-27-30(28(20)29)23-13-7-9-15-26(23)32(27)21-10-4-3-5-11-21/h3-19H,1-2H3. The molecule has 0 fully saturated rings. The van der Waals surface area contributed by atoms with Crippen molar-refractivity contribution < 1.29 is 0 Å². The highest BCUT2D eigenvalue weighted by molar-refractivity contribution is 6.25. The van der Waals surface area contributed by atoms with Gasteiger partial charge in [0.2, 0.25) is 0 Å². The molecule has 1 heterocycles. The number of nitrogens with zero attached hydrogens (tertiary/aromatic N) is 1. The van der Waals surface area contributed by atoms with Gasteiger partial charge in [-0.1, -0.05) is 92.7 Å². The number of benzene rings is 5. The van der Waals surface area contributed by atoms with Crippen molar-refractivity contribution >= 4 is 32.6 Å². The molecule has 6 aromatic rings. The average Bonchev–Trinajstić information content (AvgIpc) is 3.29. The summed E-state index contributed by atoms with van der Waals surface area (Å²) in [4.78, 5) is 0. The summed E-state index contributed by atoms with van der Waals surface area (Å²) in [5, 5.41) is 5.35. The molecule has 32 heavy (non-hydrogen) atoms. The maximum absolute atomic E-state index is 2.41. The Morgan fingerprint density at radius 3 is 2.16 bits per heavy atom. The van der Waals surface area contributed by atoms with Crippen molar-refractivity contribution in [3.05, 3.63) is 114 Å². The zero-order valence-corrected chi connectivity index (χ0v) is 18.3. The van der Waals surface area contributed by atoms with E-state index in [9.17, 15) is 0 Å². The fraction of sp³-hybridized carbons (Fsp3) is 0.0968. The Bertz CT molecular complexity index is 1680. The van der Waals surface area contributed by atoms with Crippen LogP contribution in [0.4, 0.5) is 0 Å². The second-order valence-electron chi connectivity index (χ2n) is 9.40. The van der Waals surface area contributed by atoms with Crippen LogP contribution >= 0.6 is 0 Å². The Labute approximate surface area is 187 Å². The molecule has 0 saturated carbocycles. The Hall–Kier alpha value is -3.84. The first-order valence-corrected chi connectivity index (χ1v) is 11.3. The molecule has 0 aliphatic heterocycles. The van der Waals surface area contributed by atoms with Crippen LogP contribution in [-0.4, -0.2) is 4.57 Å². The number of para-hydroxylation sites is 2. The van der Waals surface area contributed by atoms with Gasteiger partial charge in [-0.2, -0.15) is 0 Å². The minimum absolute atomic E-state index is 0.0000801. The summed E-state index contributed by atoms with van der Waals surface area (Å²) < 4.78 is 2.41. The first kappa shape index (κ1) is 17.8. The van der Waals surface area contributed by atoms with Gasteiger partial charge < -0.3 is 4.57 Å². The molecule has 0 spiro atoms. The third kappa shape index (κ3) is 2.13. The lowest BCUT2D eigenvalue weighted by atomic mass is 9.82. The summed E-state index contributed by atoms with van der Waals surface area (Å²) in [5.41, 5.74) is 9.35. The summed E-state index contributed by atoms with van der Waals surface area (Å²) in [7, 11) is 0. The van der Waals surface area contributed by atoms with Gasteiger partial charge in [-0.05, 0) is 57.3 Å². The minimum Gasteiger partial charge on any atom is -0.309 e. The molecule has 1 heteroatoms. The molecule has 1 nitrogen and oxygen atoms in total. The van der Waals surface area contributed by atoms with Gasteiger partial charge in [0.25, 0.3) is 0 Å². The third-order valence-corrected chi connectivity index (χ3v) is 7.38. The van der Waals surface area contributed by atoms with Gasteiger partial charge in [-0.25, -0.2) is 0 Å². The number of hydrogen-bond acceptors (Lipinski definition) is 0. The van der Waals surface area contributed by atoms with Crippen molar-refractivity contribution in [2.24, 2.45) is 0 Å². The molecular weight excluding hydrogens is 386 g/mol. The monoisotopic (exact) mass is 409 g/mol. The lowest BCUT2D eigenvalue weighted by molar-refractivity contribution is 0.661. The molecule has 1 aliphatic carbocycles. The van der Waals surface area contributed by atoms with Gasteiger partial charge in [0.15, 0.2) is 0 Å². The van der Waals surface area contributed by atoms with Crippen LogP contribution in [0, 0.1) is 0 Å². The molecule has 0 saturated heterocycles. The Morgan fingerprint density at radius 1 is 0.562 bits per heavy atom. The van der Waals surface area contributed by atoms with E-state index >= 15 is 0 Å². The largest absolute Gasteiger partial charge is 0.309 e. The van der Waals surface area contributed by atoms with Crippen molar-refractivity contribution in [1.82, 2.24) is 4.57 Å². The Kier molecular flexibility index (Phi) is 3.40. The second kappa shape index (κ2) is 6.11. The van der Waals surface area contributed by atoms with Crippen LogP contribution in [0.1, 0.15) is 25.0 Å². The summed E-state index contributed by atoms with van der Waals surface area (Å²) in [6.07, 6.45) is 0. The minimum atomic E-state index is 0.0000801. The number of fused-ring (bicyclic) bond motifs is 9. The van der Waals surface area contributed by atoms with E-state index in [0.29, 0.717) is 0 Å². The van der Waals surface area contributed by atoms with Gasteiger partial charge in [0.1, 0.15) is 0 Å². The molecule has 5 aromatic carbocycles. The predicted molar refractivity (Wildman–Crippen MR) is 136 cm³/mol. The maximum Gasteiger partial charge on any atom is 0.0547 e. The summed E-state index contributed by atoms with van der Waals surface area (Å²) in [5.74, 6) is 0. The average molecular weight is 410 g/mol. The van der Waals surface area contributed by atoms with Gasteiger partial charge >= 0.3 is 0 Å². The first-order chi connectivity index (χ1) is 15.7. The third-order valence-electron chi connectivity index (χ3n) is 7.38. The van der Waals surface area contributed by atoms with Crippen molar-refractivity contribution in [2.45, 2.75) is 19.3 Å². The van der Waals surface area contributed by atoms with Crippen LogP contribution in [0.2, 0.25) is 0 Å². The zero-order chi connectivity index (χ0) is 21.4. The van der Waals surface area contributed by atoms with E-state index in [0.717, 1.165) is 0 Å². The molecular formula is C31H23N. The van der Waals surface area contributed by atoms with Gasteiger partial charge in [0.05, 0.1) is 11.0 Å². The Balaban J connectivity index is 1.75. The molecule has 0 radical (unpaired) electrons. The summed E-state index contributed by atoms with van der Waals surface area (Å²) >= 11 is 0. The van der Waals surface area contributed by atoms with E-state index in [1.54, 1.807) is 0 Å². The van der Waals surface area contributed by atoms with Crippen molar-refractivity contribution in [2.75, 3.05) is 0 Å². The SMILES string of the molecule is CC1(C)c2ccccc2-c2c1ccc1ccc3c(c4ccccc4n3-c3ccccc3)c21. The number of aromatic nitrogens is 1. The molecule has 1 aliphatic rings. The highest BCUT2D eigenvalue weighted by atomic mass is 15.0. The van der Waals surface area contributed by atoms with Crippen molar-refractivity contribution in [3.8, 4) is 16.8 Å². The quantitative estimate of drug-likeness (QED) is 0.258. The number of rotatable bonds is 1. The predicted octanol–water partition coefficient (Wildman–Crippen LogP) is 8.24.